The first-order valence-corrected chi connectivity index (χ1v) is 10.5. The fourth-order valence-electron chi connectivity index (χ4n) is 3.35. The average molecular weight is 446 g/mol. The van der Waals surface area contributed by atoms with Crippen molar-refractivity contribution in [1.82, 2.24) is 9.78 Å². The van der Waals surface area contributed by atoms with Gasteiger partial charge in [-0.2, -0.15) is 10.4 Å². The van der Waals surface area contributed by atoms with Crippen LogP contribution in [0, 0.1) is 11.3 Å². The lowest BCUT2D eigenvalue weighted by Crippen LogP contribution is -2.23. The molecule has 33 heavy (non-hydrogen) atoms. The zero-order valence-corrected chi connectivity index (χ0v) is 17.8. The Bertz CT molecular complexity index is 1150. The van der Waals surface area contributed by atoms with Gasteiger partial charge in [0.2, 0.25) is 0 Å². The maximum absolute atomic E-state index is 12.4. The van der Waals surface area contributed by atoms with E-state index < -0.39 is 18.5 Å². The number of hydrogen-bond acceptors (Lipinski definition) is 7. The minimum Gasteiger partial charge on any atom is -0.491 e. The summed E-state index contributed by atoms with van der Waals surface area (Å²) in [5.74, 6) is -0.405. The largest absolute Gasteiger partial charge is 0.491 e. The van der Waals surface area contributed by atoms with Crippen molar-refractivity contribution in [2.75, 3.05) is 25.1 Å². The molecule has 1 saturated heterocycles. The number of hydrogen-bond donors (Lipinski definition) is 1. The van der Waals surface area contributed by atoms with E-state index in [9.17, 15) is 14.9 Å². The van der Waals surface area contributed by atoms with Gasteiger partial charge in [-0.05, 0) is 49.2 Å². The van der Waals surface area contributed by atoms with Crippen molar-refractivity contribution in [3.05, 3.63) is 71.9 Å². The number of benzene rings is 2. The maximum atomic E-state index is 12.4. The van der Waals surface area contributed by atoms with Crippen LogP contribution in [0.15, 0.2) is 60.8 Å². The number of nitriles is 1. The number of rotatable bonds is 8. The second-order valence-electron chi connectivity index (χ2n) is 7.36. The Morgan fingerprint density at radius 3 is 2.67 bits per heavy atom. The molecule has 0 radical (unpaired) electrons. The molecular formula is C24H22N4O5. The molecule has 1 aliphatic heterocycles. The number of ether oxygens (including phenoxy) is 3. The van der Waals surface area contributed by atoms with Gasteiger partial charge in [-0.15, -0.1) is 0 Å². The van der Waals surface area contributed by atoms with Crippen molar-refractivity contribution in [1.29, 1.82) is 5.26 Å². The van der Waals surface area contributed by atoms with Crippen LogP contribution < -0.4 is 10.1 Å². The second kappa shape index (κ2) is 10.4. The molecule has 1 fully saturated rings. The third kappa shape index (κ3) is 5.56. The lowest BCUT2D eigenvalue weighted by atomic mass is 10.2. The van der Waals surface area contributed by atoms with Gasteiger partial charge in [0.1, 0.15) is 24.0 Å². The molecule has 1 aromatic heterocycles. The van der Waals surface area contributed by atoms with E-state index in [1.54, 1.807) is 36.4 Å². The molecule has 0 bridgehead atoms. The molecular weight excluding hydrogens is 424 g/mol. The van der Waals surface area contributed by atoms with Crippen molar-refractivity contribution in [3.8, 4) is 17.5 Å². The van der Waals surface area contributed by atoms with Crippen molar-refractivity contribution < 1.29 is 23.8 Å². The zero-order chi connectivity index (χ0) is 23.0. The molecule has 0 saturated carbocycles. The average Bonchev–Trinajstić information content (AvgIpc) is 3.52. The van der Waals surface area contributed by atoms with Crippen LogP contribution in [0.3, 0.4) is 0 Å². The third-order valence-electron chi connectivity index (χ3n) is 5.03. The Kier molecular flexibility index (Phi) is 6.97. The summed E-state index contributed by atoms with van der Waals surface area (Å²) < 4.78 is 17.7. The van der Waals surface area contributed by atoms with Gasteiger partial charge < -0.3 is 19.5 Å². The summed E-state index contributed by atoms with van der Waals surface area (Å²) in [7, 11) is 0. The monoisotopic (exact) mass is 446 g/mol. The first-order valence-electron chi connectivity index (χ1n) is 10.5. The number of carbonyl (C=O) groups is 2. The standard InChI is InChI=1S/C24H22N4O5/c25-13-18-14-26-28(19-5-2-1-3-6-19)23(18)27-22(29)16-33-24(30)17-8-10-20(11-9-17)32-15-21-7-4-12-31-21/h1-3,5-6,8-11,14,21H,4,7,12,15-16H2,(H,27,29). The van der Waals surface area contributed by atoms with Gasteiger partial charge in [0.25, 0.3) is 5.91 Å². The third-order valence-corrected chi connectivity index (χ3v) is 5.03. The number of anilines is 1. The van der Waals surface area contributed by atoms with Gasteiger partial charge in [0.15, 0.2) is 12.4 Å². The van der Waals surface area contributed by atoms with E-state index in [-0.39, 0.29) is 17.5 Å². The van der Waals surface area contributed by atoms with Crippen LogP contribution in [-0.2, 0) is 14.3 Å². The van der Waals surface area contributed by atoms with Gasteiger partial charge in [0.05, 0.1) is 23.6 Å². The molecule has 1 aliphatic rings. The molecule has 0 spiro atoms. The van der Waals surface area contributed by atoms with E-state index in [4.69, 9.17) is 14.2 Å². The fourth-order valence-corrected chi connectivity index (χ4v) is 3.35. The van der Waals surface area contributed by atoms with Crippen molar-refractivity contribution >= 4 is 17.7 Å². The number of para-hydroxylation sites is 1. The number of aromatic nitrogens is 2. The molecule has 3 aromatic rings. The molecule has 1 unspecified atom stereocenters. The summed E-state index contributed by atoms with van der Waals surface area (Å²) in [4.78, 5) is 24.7. The summed E-state index contributed by atoms with van der Waals surface area (Å²) in [5.41, 5.74) is 1.16. The Morgan fingerprint density at radius 2 is 1.97 bits per heavy atom. The zero-order valence-electron chi connectivity index (χ0n) is 17.8. The molecule has 1 N–H and O–H groups in total. The van der Waals surface area contributed by atoms with Crippen LogP contribution in [0.1, 0.15) is 28.8 Å². The first kappa shape index (κ1) is 22.0. The summed E-state index contributed by atoms with van der Waals surface area (Å²) in [6.45, 7) is 0.716. The summed E-state index contributed by atoms with van der Waals surface area (Å²) >= 11 is 0. The first-order chi connectivity index (χ1) is 16.1. The van der Waals surface area contributed by atoms with Crippen molar-refractivity contribution in [2.24, 2.45) is 0 Å². The van der Waals surface area contributed by atoms with E-state index in [1.165, 1.54) is 10.9 Å². The van der Waals surface area contributed by atoms with Crippen LogP contribution in [-0.4, -0.2) is 47.6 Å². The van der Waals surface area contributed by atoms with Crippen LogP contribution in [0.2, 0.25) is 0 Å². The maximum Gasteiger partial charge on any atom is 0.338 e. The molecule has 1 atom stereocenters. The molecule has 168 valence electrons. The van der Waals surface area contributed by atoms with Crippen LogP contribution >= 0.6 is 0 Å². The van der Waals surface area contributed by atoms with Gasteiger partial charge >= 0.3 is 5.97 Å². The molecule has 0 aliphatic carbocycles. The summed E-state index contributed by atoms with van der Waals surface area (Å²) in [5, 5.41) is 16.1. The highest BCUT2D eigenvalue weighted by atomic mass is 16.5. The predicted molar refractivity (Wildman–Crippen MR) is 118 cm³/mol. The number of nitrogens with zero attached hydrogens (tertiary/aromatic N) is 3. The molecule has 1 amide bonds. The lowest BCUT2D eigenvalue weighted by molar-refractivity contribution is -0.119. The van der Waals surface area contributed by atoms with E-state index in [0.29, 0.717) is 23.6 Å². The molecule has 2 aromatic carbocycles. The Morgan fingerprint density at radius 1 is 1.18 bits per heavy atom. The predicted octanol–water partition coefficient (Wildman–Crippen LogP) is 3.10. The molecule has 4 rings (SSSR count). The Balaban J connectivity index is 1.31. The number of carbonyl (C=O) groups excluding carboxylic acids is 2. The highest BCUT2D eigenvalue weighted by Crippen LogP contribution is 2.20. The smallest absolute Gasteiger partial charge is 0.338 e. The fraction of sp³-hybridized carbons (Fsp3) is 0.250. The summed E-state index contributed by atoms with van der Waals surface area (Å²) in [6, 6.07) is 17.5. The quantitative estimate of drug-likeness (QED) is 0.529. The van der Waals surface area contributed by atoms with E-state index in [2.05, 4.69) is 10.4 Å². The van der Waals surface area contributed by atoms with Crippen molar-refractivity contribution in [2.45, 2.75) is 18.9 Å². The molecule has 9 nitrogen and oxygen atoms in total. The van der Waals surface area contributed by atoms with Crippen LogP contribution in [0.5, 0.6) is 5.75 Å². The number of amides is 1. The topological polar surface area (TPSA) is 115 Å². The van der Waals surface area contributed by atoms with Gasteiger partial charge in [-0.3, -0.25) is 4.79 Å². The second-order valence-corrected chi connectivity index (χ2v) is 7.36. The SMILES string of the molecule is N#Cc1cnn(-c2ccccc2)c1NC(=O)COC(=O)c1ccc(OCC2CCCO2)cc1. The molecule has 9 heteroatoms. The van der Waals surface area contributed by atoms with Crippen molar-refractivity contribution in [3.63, 3.8) is 0 Å². The number of nitrogens with one attached hydrogen (secondary N) is 1. The minimum atomic E-state index is -0.645. The van der Waals surface area contributed by atoms with Gasteiger partial charge in [-0.25, -0.2) is 9.48 Å². The van der Waals surface area contributed by atoms with E-state index in [1.807, 2.05) is 24.3 Å². The van der Waals surface area contributed by atoms with Gasteiger partial charge in [0, 0.05) is 6.61 Å². The summed E-state index contributed by atoms with van der Waals surface area (Å²) in [6.07, 6.45) is 3.48. The molecule has 2 heterocycles. The van der Waals surface area contributed by atoms with E-state index >= 15 is 0 Å². The Labute approximate surface area is 190 Å². The normalized spacial score (nSPS) is 14.9. The van der Waals surface area contributed by atoms with Gasteiger partial charge in [-0.1, -0.05) is 18.2 Å². The highest BCUT2D eigenvalue weighted by molar-refractivity contribution is 5.95. The lowest BCUT2D eigenvalue weighted by Gasteiger charge is -2.12. The van der Waals surface area contributed by atoms with E-state index in [0.717, 1.165) is 19.4 Å². The Hall–Kier alpha value is -4.16. The highest BCUT2D eigenvalue weighted by Gasteiger charge is 2.18. The minimum absolute atomic E-state index is 0.105. The van der Waals surface area contributed by atoms with Crippen LogP contribution in [0.4, 0.5) is 5.82 Å². The number of esters is 1. The van der Waals surface area contributed by atoms with Crippen LogP contribution in [0.25, 0.3) is 5.69 Å².